The van der Waals surface area contributed by atoms with Gasteiger partial charge in [-0.05, 0) is 12.8 Å². The van der Waals surface area contributed by atoms with E-state index in [1.165, 1.54) is 5.57 Å². The summed E-state index contributed by atoms with van der Waals surface area (Å²) in [4.78, 5) is 6.42. The number of nitriles is 1. The highest BCUT2D eigenvalue weighted by molar-refractivity contribution is 5.49. The van der Waals surface area contributed by atoms with Crippen molar-refractivity contribution in [2.45, 2.75) is 12.8 Å². The first kappa shape index (κ1) is 11.5. The highest BCUT2D eigenvalue weighted by Gasteiger charge is 2.14. The number of ether oxygens (including phenoxy) is 1. The van der Waals surface area contributed by atoms with Gasteiger partial charge >= 0.3 is 0 Å². The van der Waals surface area contributed by atoms with E-state index in [1.807, 2.05) is 12.3 Å². The van der Waals surface area contributed by atoms with Crippen molar-refractivity contribution in [3.05, 3.63) is 30.1 Å². The number of allylic oxidation sites excluding steroid dienone is 1. The molecule has 0 saturated carbocycles. The van der Waals surface area contributed by atoms with Crippen LogP contribution >= 0.6 is 0 Å². The molecule has 0 bridgehead atoms. The normalized spacial score (nSPS) is 15.3. The van der Waals surface area contributed by atoms with Crippen LogP contribution in [0.4, 0.5) is 5.69 Å². The number of nitrogens with zero attached hydrogens (tertiary/aromatic N) is 3. The summed E-state index contributed by atoms with van der Waals surface area (Å²) in [5, 5.41) is 8.60. The maximum Gasteiger partial charge on any atom is 0.139 e. The van der Waals surface area contributed by atoms with E-state index in [-0.39, 0.29) is 0 Å². The van der Waals surface area contributed by atoms with Crippen LogP contribution in [0.3, 0.4) is 0 Å². The minimum atomic E-state index is 0.779. The molecule has 0 spiro atoms. The van der Waals surface area contributed by atoms with Crippen LogP contribution in [0.5, 0.6) is 5.75 Å². The Morgan fingerprint density at radius 2 is 2.18 bits per heavy atom. The molecular formula is C13H15N3O. The summed E-state index contributed by atoms with van der Waals surface area (Å²) in [6, 6.07) is 4.09. The highest BCUT2D eigenvalue weighted by Crippen LogP contribution is 2.24. The van der Waals surface area contributed by atoms with Crippen LogP contribution in [0.1, 0.15) is 12.8 Å². The van der Waals surface area contributed by atoms with Gasteiger partial charge in [0, 0.05) is 25.2 Å². The Morgan fingerprint density at radius 1 is 1.41 bits per heavy atom. The summed E-state index contributed by atoms with van der Waals surface area (Å²) in [5.41, 5.74) is 2.32. The minimum absolute atomic E-state index is 0.779. The van der Waals surface area contributed by atoms with Crippen molar-refractivity contribution in [3.8, 4) is 11.8 Å². The van der Waals surface area contributed by atoms with Gasteiger partial charge < -0.3 is 9.64 Å². The van der Waals surface area contributed by atoms with Crippen LogP contribution in [0.2, 0.25) is 0 Å². The second kappa shape index (κ2) is 5.35. The molecule has 88 valence electrons. The molecule has 0 radical (unpaired) electrons. The van der Waals surface area contributed by atoms with Gasteiger partial charge in [0.1, 0.15) is 5.75 Å². The third kappa shape index (κ3) is 2.76. The molecule has 2 rings (SSSR count). The van der Waals surface area contributed by atoms with Crippen molar-refractivity contribution >= 4 is 5.69 Å². The predicted octanol–water partition coefficient (Wildman–Crippen LogP) is 2.14. The lowest BCUT2D eigenvalue weighted by molar-refractivity contribution is 0.413. The van der Waals surface area contributed by atoms with E-state index in [0.29, 0.717) is 0 Å². The minimum Gasteiger partial charge on any atom is -0.495 e. The summed E-state index contributed by atoms with van der Waals surface area (Å²) < 4.78 is 5.16. The van der Waals surface area contributed by atoms with E-state index in [4.69, 9.17) is 10.00 Å². The molecule has 1 aliphatic rings. The first-order valence-electron chi connectivity index (χ1n) is 5.65. The zero-order valence-corrected chi connectivity index (χ0v) is 9.89. The third-order valence-corrected chi connectivity index (χ3v) is 2.97. The summed E-state index contributed by atoms with van der Waals surface area (Å²) in [6.07, 6.45) is 7.12. The van der Waals surface area contributed by atoms with E-state index in [9.17, 15) is 0 Å². The van der Waals surface area contributed by atoms with Gasteiger partial charge in [0.15, 0.2) is 0 Å². The van der Waals surface area contributed by atoms with Crippen LogP contribution in [-0.4, -0.2) is 25.2 Å². The first-order chi connectivity index (χ1) is 8.33. The molecule has 4 nitrogen and oxygen atoms in total. The lowest BCUT2D eigenvalue weighted by atomic mass is 10.0. The van der Waals surface area contributed by atoms with Gasteiger partial charge in [-0.3, -0.25) is 4.98 Å². The molecule has 17 heavy (non-hydrogen) atoms. The number of rotatable bonds is 2. The molecule has 0 atom stereocenters. The van der Waals surface area contributed by atoms with E-state index in [1.54, 1.807) is 19.4 Å². The second-order valence-corrected chi connectivity index (χ2v) is 4.00. The van der Waals surface area contributed by atoms with Crippen molar-refractivity contribution in [2.75, 3.05) is 25.1 Å². The lowest BCUT2D eigenvalue weighted by Crippen LogP contribution is -2.30. The molecule has 0 unspecified atom stereocenters. The monoisotopic (exact) mass is 229 g/mol. The average Bonchev–Trinajstić information content (AvgIpc) is 2.40. The van der Waals surface area contributed by atoms with Crippen LogP contribution in [0.15, 0.2) is 30.1 Å². The molecule has 0 aromatic carbocycles. The quantitative estimate of drug-likeness (QED) is 0.729. The van der Waals surface area contributed by atoms with E-state index in [0.717, 1.165) is 37.4 Å². The van der Waals surface area contributed by atoms with E-state index >= 15 is 0 Å². The fourth-order valence-corrected chi connectivity index (χ4v) is 1.98. The number of hydrogen-bond acceptors (Lipinski definition) is 4. The zero-order chi connectivity index (χ0) is 12.1. The smallest absolute Gasteiger partial charge is 0.139 e. The zero-order valence-electron chi connectivity index (χ0n) is 9.89. The maximum absolute atomic E-state index is 8.60. The van der Waals surface area contributed by atoms with Crippen molar-refractivity contribution in [3.63, 3.8) is 0 Å². The number of methoxy groups -OCH3 is 1. The Labute approximate surface area is 101 Å². The highest BCUT2D eigenvalue weighted by atomic mass is 16.5. The molecular weight excluding hydrogens is 214 g/mol. The summed E-state index contributed by atoms with van der Waals surface area (Å²) in [5.74, 6) is 0.779. The van der Waals surface area contributed by atoms with Crippen LogP contribution < -0.4 is 9.64 Å². The Kier molecular flexibility index (Phi) is 3.61. The molecule has 0 amide bonds. The largest absolute Gasteiger partial charge is 0.495 e. The first-order valence-corrected chi connectivity index (χ1v) is 5.65. The van der Waals surface area contributed by atoms with Crippen LogP contribution in [0.25, 0.3) is 0 Å². The van der Waals surface area contributed by atoms with Gasteiger partial charge in [-0.25, -0.2) is 0 Å². The number of hydrogen-bond donors (Lipinski definition) is 0. The molecule has 0 aliphatic carbocycles. The SMILES string of the molecule is COc1cncc(N2CCC(=CC#N)CC2)c1. The summed E-state index contributed by atoms with van der Waals surface area (Å²) in [7, 11) is 1.64. The maximum atomic E-state index is 8.60. The van der Waals surface area contributed by atoms with Crippen LogP contribution in [-0.2, 0) is 0 Å². The van der Waals surface area contributed by atoms with Crippen molar-refractivity contribution in [1.82, 2.24) is 4.98 Å². The fraction of sp³-hybridized carbons (Fsp3) is 0.385. The Balaban J connectivity index is 2.05. The topological polar surface area (TPSA) is 49.1 Å². The van der Waals surface area contributed by atoms with E-state index in [2.05, 4.69) is 16.0 Å². The van der Waals surface area contributed by atoms with Crippen molar-refractivity contribution in [2.24, 2.45) is 0 Å². The standard InChI is InChI=1S/C13H15N3O/c1-17-13-8-12(9-15-10-13)16-6-3-11(2-5-14)4-7-16/h2,8-10H,3-4,6-7H2,1H3. The van der Waals surface area contributed by atoms with Gasteiger partial charge in [-0.2, -0.15) is 5.26 Å². The van der Waals surface area contributed by atoms with Crippen molar-refractivity contribution < 1.29 is 4.74 Å². The fourth-order valence-electron chi connectivity index (χ4n) is 1.98. The molecule has 1 aromatic heterocycles. The summed E-state index contributed by atoms with van der Waals surface area (Å²) in [6.45, 7) is 1.87. The predicted molar refractivity (Wildman–Crippen MR) is 65.9 cm³/mol. The van der Waals surface area contributed by atoms with Gasteiger partial charge in [0.25, 0.3) is 0 Å². The number of anilines is 1. The number of piperidine rings is 1. The number of pyridine rings is 1. The molecule has 4 heteroatoms. The molecule has 1 fully saturated rings. The summed E-state index contributed by atoms with van der Waals surface area (Å²) >= 11 is 0. The van der Waals surface area contributed by atoms with Gasteiger partial charge in [-0.15, -0.1) is 0 Å². The third-order valence-electron chi connectivity index (χ3n) is 2.97. The molecule has 1 saturated heterocycles. The van der Waals surface area contributed by atoms with Crippen molar-refractivity contribution in [1.29, 1.82) is 5.26 Å². The van der Waals surface area contributed by atoms with Gasteiger partial charge in [0.2, 0.25) is 0 Å². The Hall–Kier alpha value is -2.02. The number of aromatic nitrogens is 1. The second-order valence-electron chi connectivity index (χ2n) is 4.00. The van der Waals surface area contributed by atoms with Crippen LogP contribution in [0, 0.1) is 11.3 Å². The Morgan fingerprint density at radius 3 is 2.82 bits per heavy atom. The van der Waals surface area contributed by atoms with E-state index < -0.39 is 0 Å². The molecule has 1 aromatic rings. The van der Waals surface area contributed by atoms with Gasteiger partial charge in [0.05, 0.1) is 31.3 Å². The van der Waals surface area contributed by atoms with Gasteiger partial charge in [-0.1, -0.05) is 5.57 Å². The lowest BCUT2D eigenvalue weighted by Gasteiger charge is -2.29. The average molecular weight is 229 g/mol. The Bertz CT molecular complexity index is 452. The molecule has 1 aliphatic heterocycles. The molecule has 2 heterocycles. The molecule has 0 N–H and O–H groups in total.